The fraction of sp³-hybridized carbons (Fsp3) is 0.300. The zero-order valence-electron chi connectivity index (χ0n) is 16.3. The van der Waals surface area contributed by atoms with Gasteiger partial charge in [-0.05, 0) is 48.4 Å². The number of hydrogen-bond donors (Lipinski definition) is 0. The maximum Gasteiger partial charge on any atom is 0.338 e. The molecule has 0 amide bonds. The number of rotatable bonds is 7. The number of Topliss-reactive ketones (excluding diaryl/α,β-unsaturated/α-hetero) is 1. The van der Waals surface area contributed by atoms with Crippen molar-refractivity contribution in [2.75, 3.05) is 37.9 Å². The van der Waals surface area contributed by atoms with Crippen molar-refractivity contribution >= 4 is 27.5 Å². The molecule has 0 radical (unpaired) electrons. The molecule has 0 saturated carbocycles. The molecule has 154 valence electrons. The van der Waals surface area contributed by atoms with E-state index in [9.17, 15) is 18.0 Å². The first-order valence-corrected chi connectivity index (χ1v) is 10.6. The lowest BCUT2D eigenvalue weighted by Crippen LogP contribution is -2.27. The van der Waals surface area contributed by atoms with E-state index in [2.05, 4.69) is 0 Å². The summed E-state index contributed by atoms with van der Waals surface area (Å²) in [6.45, 7) is -0.0919. The van der Waals surface area contributed by atoms with Crippen LogP contribution in [-0.4, -0.2) is 53.8 Å². The average molecular weight is 419 g/mol. The number of nitrogens with zero attached hydrogens (tertiary/aromatic N) is 1. The molecule has 9 heteroatoms. The molecular formula is C20H21NO7S. The molecule has 0 saturated heterocycles. The summed E-state index contributed by atoms with van der Waals surface area (Å²) in [6, 6.07) is 9.35. The minimum absolute atomic E-state index is 0.263. The highest BCUT2D eigenvalue weighted by Crippen LogP contribution is 2.31. The minimum Gasteiger partial charge on any atom is -0.493 e. The molecule has 1 heterocycles. The first-order chi connectivity index (χ1) is 13.7. The number of sulfonamides is 1. The molecule has 0 unspecified atom stereocenters. The summed E-state index contributed by atoms with van der Waals surface area (Å²) in [6.07, 6.45) is 1.65. The Morgan fingerprint density at radius 1 is 1.00 bits per heavy atom. The summed E-state index contributed by atoms with van der Waals surface area (Å²) in [4.78, 5) is 24.7. The lowest BCUT2D eigenvalue weighted by molar-refractivity contribution is 0.0474. The van der Waals surface area contributed by atoms with E-state index in [1.165, 1.54) is 30.7 Å². The number of ketones is 1. The van der Waals surface area contributed by atoms with Crippen molar-refractivity contribution in [3.8, 4) is 11.5 Å². The van der Waals surface area contributed by atoms with E-state index in [0.717, 1.165) is 11.8 Å². The summed E-state index contributed by atoms with van der Waals surface area (Å²) in [7, 11) is -0.403. The topological polar surface area (TPSA) is 99.2 Å². The van der Waals surface area contributed by atoms with E-state index < -0.39 is 22.6 Å². The highest BCUT2D eigenvalue weighted by atomic mass is 32.2. The molecule has 0 fully saturated rings. The van der Waals surface area contributed by atoms with E-state index in [0.29, 0.717) is 35.7 Å². The van der Waals surface area contributed by atoms with Crippen LogP contribution in [0.1, 0.15) is 26.3 Å². The second-order valence-corrected chi connectivity index (χ2v) is 8.40. The smallest absolute Gasteiger partial charge is 0.338 e. The Morgan fingerprint density at radius 3 is 2.34 bits per heavy atom. The maximum atomic E-state index is 12.3. The molecule has 0 aliphatic carbocycles. The second-order valence-electron chi connectivity index (χ2n) is 6.50. The average Bonchev–Trinajstić information content (AvgIpc) is 3.14. The number of carbonyl (C=O) groups excluding carboxylic acids is 2. The van der Waals surface area contributed by atoms with Crippen molar-refractivity contribution in [1.29, 1.82) is 0 Å². The number of ether oxygens (including phenoxy) is 3. The molecule has 3 rings (SSSR count). The molecule has 1 aliphatic rings. The van der Waals surface area contributed by atoms with Gasteiger partial charge < -0.3 is 14.2 Å². The third kappa shape index (κ3) is 4.34. The van der Waals surface area contributed by atoms with Crippen LogP contribution in [0.25, 0.3) is 0 Å². The number of methoxy groups -OCH3 is 2. The highest BCUT2D eigenvalue weighted by molar-refractivity contribution is 7.92. The number of anilines is 1. The third-order valence-electron chi connectivity index (χ3n) is 4.61. The summed E-state index contributed by atoms with van der Waals surface area (Å²) < 4.78 is 40.3. The number of fused-ring (bicyclic) bond motifs is 1. The van der Waals surface area contributed by atoms with Crippen molar-refractivity contribution < 1.29 is 32.2 Å². The Balaban J connectivity index is 1.68. The third-order valence-corrected chi connectivity index (χ3v) is 5.79. The molecule has 0 aromatic heterocycles. The summed E-state index contributed by atoms with van der Waals surface area (Å²) >= 11 is 0. The van der Waals surface area contributed by atoms with Crippen molar-refractivity contribution in [3.63, 3.8) is 0 Å². The first kappa shape index (κ1) is 20.7. The number of benzene rings is 2. The van der Waals surface area contributed by atoms with Gasteiger partial charge in [0.05, 0.1) is 31.7 Å². The maximum absolute atomic E-state index is 12.3. The van der Waals surface area contributed by atoms with Crippen molar-refractivity contribution in [1.82, 2.24) is 0 Å². The van der Waals surface area contributed by atoms with E-state index in [-0.39, 0.29) is 11.3 Å². The second kappa shape index (κ2) is 8.12. The van der Waals surface area contributed by atoms with Crippen molar-refractivity contribution in [2.24, 2.45) is 0 Å². The Morgan fingerprint density at radius 2 is 1.69 bits per heavy atom. The van der Waals surface area contributed by atoms with Gasteiger partial charge in [0, 0.05) is 12.1 Å². The van der Waals surface area contributed by atoms with Gasteiger partial charge in [-0.2, -0.15) is 0 Å². The monoisotopic (exact) mass is 419 g/mol. The standard InChI is InChI=1S/C20H21NO7S/c1-26-18-7-5-14(11-19(18)27-2)17(22)12-28-20(23)15-4-6-16-13(10-15)8-9-21(16)29(3,24)25/h4-7,10-11H,8-9,12H2,1-3H3. The van der Waals surface area contributed by atoms with Gasteiger partial charge in [0.25, 0.3) is 0 Å². The minimum atomic E-state index is -3.36. The SMILES string of the molecule is COc1ccc(C(=O)COC(=O)c2ccc3c(c2)CCN3S(C)(=O)=O)cc1OC. The number of hydrogen-bond acceptors (Lipinski definition) is 7. The van der Waals surface area contributed by atoms with Crippen molar-refractivity contribution in [2.45, 2.75) is 6.42 Å². The summed E-state index contributed by atoms with van der Waals surface area (Å²) in [5.41, 5.74) is 1.90. The van der Waals surface area contributed by atoms with E-state index in [1.54, 1.807) is 24.3 Å². The van der Waals surface area contributed by atoms with Crippen molar-refractivity contribution in [3.05, 3.63) is 53.1 Å². The molecular weight excluding hydrogens is 398 g/mol. The van der Waals surface area contributed by atoms with E-state index in [1.807, 2.05) is 0 Å². The van der Waals surface area contributed by atoms with Crippen LogP contribution in [0, 0.1) is 0 Å². The van der Waals surface area contributed by atoms with Gasteiger partial charge in [-0.15, -0.1) is 0 Å². The normalized spacial score (nSPS) is 13.0. The lowest BCUT2D eigenvalue weighted by atomic mass is 10.1. The molecule has 8 nitrogen and oxygen atoms in total. The summed E-state index contributed by atoms with van der Waals surface area (Å²) in [5, 5.41) is 0. The van der Waals surface area contributed by atoms with Gasteiger partial charge in [0.2, 0.25) is 10.0 Å². The molecule has 0 spiro atoms. The van der Waals surface area contributed by atoms with Crippen LogP contribution in [0.15, 0.2) is 36.4 Å². The predicted molar refractivity (Wildman–Crippen MR) is 106 cm³/mol. The van der Waals surface area contributed by atoms with Gasteiger partial charge in [-0.3, -0.25) is 9.10 Å². The fourth-order valence-corrected chi connectivity index (χ4v) is 4.11. The Labute approximate surface area is 169 Å². The van der Waals surface area contributed by atoms with E-state index >= 15 is 0 Å². The largest absolute Gasteiger partial charge is 0.493 e. The van der Waals surface area contributed by atoms with Gasteiger partial charge in [-0.25, -0.2) is 13.2 Å². The lowest BCUT2D eigenvalue weighted by Gasteiger charge is -2.16. The zero-order valence-corrected chi connectivity index (χ0v) is 17.1. The predicted octanol–water partition coefficient (Wildman–Crippen LogP) is 2.07. The van der Waals surface area contributed by atoms with Gasteiger partial charge in [0.15, 0.2) is 23.9 Å². The van der Waals surface area contributed by atoms with Crippen LogP contribution in [0.2, 0.25) is 0 Å². The fourth-order valence-electron chi connectivity index (χ4n) is 3.15. The summed E-state index contributed by atoms with van der Waals surface area (Å²) in [5.74, 6) is -0.149. The van der Waals surface area contributed by atoms with Crippen LogP contribution in [0.4, 0.5) is 5.69 Å². The molecule has 0 atom stereocenters. The molecule has 29 heavy (non-hydrogen) atoms. The van der Waals surface area contributed by atoms with Gasteiger partial charge in [-0.1, -0.05) is 0 Å². The van der Waals surface area contributed by atoms with Crippen LogP contribution >= 0.6 is 0 Å². The van der Waals surface area contributed by atoms with Crippen LogP contribution in [0.3, 0.4) is 0 Å². The molecule has 0 bridgehead atoms. The first-order valence-electron chi connectivity index (χ1n) is 8.77. The highest BCUT2D eigenvalue weighted by Gasteiger charge is 2.27. The van der Waals surface area contributed by atoms with Crippen LogP contribution < -0.4 is 13.8 Å². The van der Waals surface area contributed by atoms with Crippen LogP contribution in [-0.2, 0) is 21.2 Å². The zero-order chi connectivity index (χ0) is 21.2. The van der Waals surface area contributed by atoms with E-state index in [4.69, 9.17) is 14.2 Å². The van der Waals surface area contributed by atoms with Crippen LogP contribution in [0.5, 0.6) is 11.5 Å². The molecule has 0 N–H and O–H groups in total. The van der Waals surface area contributed by atoms with Gasteiger partial charge >= 0.3 is 5.97 Å². The quantitative estimate of drug-likeness (QED) is 0.500. The van der Waals surface area contributed by atoms with Gasteiger partial charge in [0.1, 0.15) is 0 Å². The Kier molecular flexibility index (Phi) is 5.78. The number of carbonyl (C=O) groups is 2. The molecule has 1 aliphatic heterocycles. The molecule has 2 aromatic rings. The molecule has 2 aromatic carbocycles. The number of esters is 1. The Bertz CT molecular complexity index is 1060. The Hall–Kier alpha value is -3.07.